The van der Waals surface area contributed by atoms with Crippen molar-refractivity contribution in [2.75, 3.05) is 0 Å². The lowest BCUT2D eigenvalue weighted by atomic mass is 9.72. The predicted molar refractivity (Wildman–Crippen MR) is 175 cm³/mol. The molecule has 2 nitrogen and oxygen atoms in total. The number of allylic oxidation sites excluding steroid dienone is 13. The largest absolute Gasteiger partial charge is 0.461 e. The Labute approximate surface area is 244 Å². The molecule has 2 atom stereocenters. The highest BCUT2D eigenvalue weighted by Gasteiger charge is 2.26. The van der Waals surface area contributed by atoms with Gasteiger partial charge in [-0.25, -0.2) is 0 Å². The molecule has 216 valence electrons. The van der Waals surface area contributed by atoms with Crippen LogP contribution >= 0.6 is 0 Å². The Bertz CT molecular complexity index is 1190. The standard InChI is InChI=1S/C38H52O2/c1-10-38(9,26-12-14-29(2)3)27-24-33-19-21-34(22-20-33)40-36(39)28-31(5)16-11-15-30(4)18-23-35-32(6)17-13-25-37(35,7)8/h10-11,14-16,18-24,27-28,36,39H,1,12-13,17,25-26H2,2-9H3/b16-11+,23-18+,27-24+,30-15-,31-28+/t36?,38-/m1/s1. The average Bonchev–Trinajstić information content (AvgIpc) is 2.87. The van der Waals surface area contributed by atoms with Crippen molar-refractivity contribution in [3.8, 4) is 5.75 Å². The quantitative estimate of drug-likeness (QED) is 0.153. The summed E-state index contributed by atoms with van der Waals surface area (Å²) in [6.07, 6.45) is 25.7. The van der Waals surface area contributed by atoms with Crippen molar-refractivity contribution in [3.05, 3.63) is 119 Å². The Balaban J connectivity index is 1.93. The third-order valence-corrected chi connectivity index (χ3v) is 7.67. The monoisotopic (exact) mass is 540 g/mol. The smallest absolute Gasteiger partial charge is 0.217 e. The molecule has 0 spiro atoms. The van der Waals surface area contributed by atoms with Gasteiger partial charge >= 0.3 is 0 Å². The SMILES string of the molecule is C=C[C@@](C)(/C=C/c1ccc(OC(O)/C=C(C)/C=C/C=C(C)\C=C\C2=C(C)CCCC2(C)C)cc1)CCC=C(C)C. The molecule has 0 aliphatic heterocycles. The van der Waals surface area contributed by atoms with Crippen LogP contribution < -0.4 is 4.74 Å². The van der Waals surface area contributed by atoms with Gasteiger partial charge in [0, 0.05) is 5.41 Å². The Kier molecular flexibility index (Phi) is 12.9. The van der Waals surface area contributed by atoms with Gasteiger partial charge in [-0.05, 0) is 107 Å². The number of hydrogen-bond donors (Lipinski definition) is 1. The van der Waals surface area contributed by atoms with Crippen molar-refractivity contribution in [2.45, 2.75) is 93.8 Å². The number of aliphatic hydroxyl groups is 1. The molecule has 0 fully saturated rings. The van der Waals surface area contributed by atoms with E-state index in [0.717, 1.165) is 24.0 Å². The van der Waals surface area contributed by atoms with Gasteiger partial charge in [-0.3, -0.25) is 0 Å². The fourth-order valence-electron chi connectivity index (χ4n) is 4.96. The van der Waals surface area contributed by atoms with Crippen molar-refractivity contribution in [1.29, 1.82) is 0 Å². The molecule has 2 rings (SSSR count). The third kappa shape index (κ3) is 11.6. The van der Waals surface area contributed by atoms with Gasteiger partial charge in [0.05, 0.1) is 0 Å². The van der Waals surface area contributed by atoms with Gasteiger partial charge < -0.3 is 9.84 Å². The second kappa shape index (κ2) is 15.6. The van der Waals surface area contributed by atoms with Crippen LogP contribution in [-0.4, -0.2) is 11.4 Å². The van der Waals surface area contributed by atoms with E-state index in [9.17, 15) is 5.11 Å². The van der Waals surface area contributed by atoms with Crippen LogP contribution in [0.5, 0.6) is 5.75 Å². The van der Waals surface area contributed by atoms with Gasteiger partial charge in [0.25, 0.3) is 0 Å². The minimum atomic E-state index is -1.02. The van der Waals surface area contributed by atoms with Crippen molar-refractivity contribution < 1.29 is 9.84 Å². The van der Waals surface area contributed by atoms with E-state index in [2.05, 4.69) is 91.5 Å². The summed E-state index contributed by atoms with van der Waals surface area (Å²) in [6, 6.07) is 7.78. The van der Waals surface area contributed by atoms with E-state index in [1.54, 1.807) is 6.08 Å². The molecule has 0 radical (unpaired) electrons. The van der Waals surface area contributed by atoms with Crippen molar-refractivity contribution >= 4 is 6.08 Å². The molecular formula is C38H52O2. The molecule has 40 heavy (non-hydrogen) atoms. The first-order valence-electron chi connectivity index (χ1n) is 14.7. The van der Waals surface area contributed by atoms with E-state index in [1.807, 2.05) is 49.4 Å². The summed E-state index contributed by atoms with van der Waals surface area (Å²) in [5, 5.41) is 10.4. The van der Waals surface area contributed by atoms with E-state index in [-0.39, 0.29) is 10.8 Å². The van der Waals surface area contributed by atoms with Crippen LogP contribution in [0.3, 0.4) is 0 Å². The molecule has 1 aliphatic rings. The van der Waals surface area contributed by atoms with Gasteiger partial charge in [-0.15, -0.1) is 6.58 Å². The number of aliphatic hydroxyl groups excluding tert-OH is 1. The lowest BCUT2D eigenvalue weighted by Gasteiger charge is -2.32. The Morgan fingerprint density at radius 1 is 1.07 bits per heavy atom. The van der Waals surface area contributed by atoms with Crippen molar-refractivity contribution in [1.82, 2.24) is 0 Å². The maximum absolute atomic E-state index is 10.4. The van der Waals surface area contributed by atoms with Gasteiger partial charge in [0.15, 0.2) is 0 Å². The van der Waals surface area contributed by atoms with Crippen LogP contribution in [0.25, 0.3) is 6.08 Å². The molecule has 1 unspecified atom stereocenters. The summed E-state index contributed by atoms with van der Waals surface area (Å²) in [5.74, 6) is 0.629. The highest BCUT2D eigenvalue weighted by molar-refractivity contribution is 5.52. The summed E-state index contributed by atoms with van der Waals surface area (Å²) in [6.45, 7) is 21.5. The fraction of sp³-hybridized carbons (Fsp3) is 0.421. The van der Waals surface area contributed by atoms with E-state index < -0.39 is 6.29 Å². The van der Waals surface area contributed by atoms with E-state index in [4.69, 9.17) is 4.74 Å². The zero-order chi connectivity index (χ0) is 29.8. The lowest BCUT2D eigenvalue weighted by Crippen LogP contribution is -2.19. The fourth-order valence-corrected chi connectivity index (χ4v) is 4.96. The molecule has 0 amide bonds. The predicted octanol–water partition coefficient (Wildman–Crippen LogP) is 10.9. The summed E-state index contributed by atoms with van der Waals surface area (Å²) >= 11 is 0. The van der Waals surface area contributed by atoms with Crippen LogP contribution in [0.2, 0.25) is 0 Å². The molecule has 2 heteroatoms. The molecular weight excluding hydrogens is 488 g/mol. The topological polar surface area (TPSA) is 29.5 Å². The second-order valence-corrected chi connectivity index (χ2v) is 12.4. The molecule has 0 heterocycles. The molecule has 1 N–H and O–H groups in total. The van der Waals surface area contributed by atoms with E-state index >= 15 is 0 Å². The minimum absolute atomic E-state index is 0.0555. The first-order chi connectivity index (χ1) is 18.8. The van der Waals surface area contributed by atoms with Crippen molar-refractivity contribution in [2.24, 2.45) is 10.8 Å². The van der Waals surface area contributed by atoms with Crippen LogP contribution in [0.1, 0.15) is 93.1 Å². The zero-order valence-corrected chi connectivity index (χ0v) is 26.3. The van der Waals surface area contributed by atoms with Gasteiger partial charge in [-0.2, -0.15) is 0 Å². The summed E-state index contributed by atoms with van der Waals surface area (Å²) in [4.78, 5) is 0. The summed E-state index contributed by atoms with van der Waals surface area (Å²) < 4.78 is 5.71. The maximum atomic E-state index is 10.4. The second-order valence-electron chi connectivity index (χ2n) is 12.4. The first-order valence-corrected chi connectivity index (χ1v) is 14.7. The molecule has 1 aromatic rings. The average molecular weight is 541 g/mol. The molecule has 1 aromatic carbocycles. The van der Waals surface area contributed by atoms with Crippen LogP contribution in [0, 0.1) is 10.8 Å². The first kappa shape index (κ1) is 33.1. The summed E-state index contributed by atoms with van der Waals surface area (Å²) in [5.41, 5.74) is 7.73. The molecule has 0 saturated heterocycles. The van der Waals surface area contributed by atoms with Gasteiger partial charge in [0.1, 0.15) is 5.75 Å². The van der Waals surface area contributed by atoms with Crippen LogP contribution in [-0.2, 0) is 0 Å². The Morgan fingerprint density at radius 3 is 2.40 bits per heavy atom. The van der Waals surface area contributed by atoms with Gasteiger partial charge in [-0.1, -0.05) is 104 Å². The van der Waals surface area contributed by atoms with Crippen molar-refractivity contribution in [3.63, 3.8) is 0 Å². The van der Waals surface area contributed by atoms with E-state index in [0.29, 0.717) is 5.75 Å². The van der Waals surface area contributed by atoms with Gasteiger partial charge in [0.2, 0.25) is 6.29 Å². The molecule has 0 aromatic heterocycles. The highest BCUT2D eigenvalue weighted by Crippen LogP contribution is 2.40. The lowest BCUT2D eigenvalue weighted by molar-refractivity contribution is 0.0243. The maximum Gasteiger partial charge on any atom is 0.217 e. The number of benzene rings is 1. The Hall–Kier alpha value is -3.10. The third-order valence-electron chi connectivity index (χ3n) is 7.67. The normalized spacial score (nSPS) is 18.8. The highest BCUT2D eigenvalue weighted by atomic mass is 16.6. The molecule has 0 saturated carbocycles. The summed E-state index contributed by atoms with van der Waals surface area (Å²) in [7, 11) is 0. The number of ether oxygens (including phenoxy) is 1. The number of hydrogen-bond acceptors (Lipinski definition) is 2. The molecule has 0 bridgehead atoms. The van der Waals surface area contributed by atoms with E-state index in [1.165, 1.54) is 41.6 Å². The molecule has 1 aliphatic carbocycles. The van der Waals surface area contributed by atoms with Crippen LogP contribution in [0.15, 0.2) is 113 Å². The minimum Gasteiger partial charge on any atom is -0.461 e. The zero-order valence-electron chi connectivity index (χ0n) is 26.3. The van der Waals surface area contributed by atoms with Crippen LogP contribution in [0.4, 0.5) is 0 Å². The Morgan fingerprint density at radius 2 is 1.77 bits per heavy atom. The number of rotatable bonds is 13.